The van der Waals surface area contributed by atoms with Gasteiger partial charge in [0.05, 0.1) is 0 Å². The number of urea groups is 1. The van der Waals surface area contributed by atoms with Crippen molar-refractivity contribution in [2.24, 2.45) is 11.8 Å². The van der Waals surface area contributed by atoms with E-state index in [2.05, 4.69) is 25.9 Å². The van der Waals surface area contributed by atoms with Gasteiger partial charge in [0.25, 0.3) is 0 Å². The van der Waals surface area contributed by atoms with Gasteiger partial charge in [-0.3, -0.25) is 4.79 Å². The van der Waals surface area contributed by atoms with Crippen LogP contribution in [0.3, 0.4) is 0 Å². The van der Waals surface area contributed by atoms with E-state index in [0.717, 1.165) is 26.1 Å². The second-order valence-electron chi connectivity index (χ2n) is 6.73. The van der Waals surface area contributed by atoms with Crippen LogP contribution in [0, 0.1) is 11.8 Å². The van der Waals surface area contributed by atoms with Crippen LogP contribution >= 0.6 is 0 Å². The maximum Gasteiger partial charge on any atom is 0.320 e. The maximum atomic E-state index is 12.6. The van der Waals surface area contributed by atoms with Crippen molar-refractivity contribution in [3.63, 3.8) is 0 Å². The summed E-state index contributed by atoms with van der Waals surface area (Å²) in [5.41, 5.74) is 0. The third-order valence-electron chi connectivity index (χ3n) is 4.83. The van der Waals surface area contributed by atoms with Gasteiger partial charge in [-0.2, -0.15) is 0 Å². The van der Waals surface area contributed by atoms with Gasteiger partial charge in [-0.15, -0.1) is 0 Å². The molecule has 6 nitrogen and oxygen atoms in total. The molecule has 2 saturated heterocycles. The van der Waals surface area contributed by atoms with E-state index < -0.39 is 5.97 Å². The van der Waals surface area contributed by atoms with Gasteiger partial charge < -0.3 is 19.8 Å². The molecule has 0 spiro atoms. The highest BCUT2D eigenvalue weighted by Crippen LogP contribution is 2.25. The summed E-state index contributed by atoms with van der Waals surface area (Å²) in [4.78, 5) is 29.2. The van der Waals surface area contributed by atoms with E-state index in [0.29, 0.717) is 30.8 Å². The highest BCUT2D eigenvalue weighted by atomic mass is 16.4. The van der Waals surface area contributed by atoms with Crippen LogP contribution in [0.15, 0.2) is 0 Å². The second-order valence-corrected chi connectivity index (χ2v) is 6.73. The monoisotopic (exact) mass is 297 g/mol. The minimum Gasteiger partial charge on any atom is -0.481 e. The molecule has 120 valence electrons. The average molecular weight is 297 g/mol. The Kier molecular flexibility index (Phi) is 5.08. The summed E-state index contributed by atoms with van der Waals surface area (Å²) in [6.45, 7) is 5.28. The molecule has 3 unspecified atom stereocenters. The van der Waals surface area contributed by atoms with E-state index in [9.17, 15) is 9.59 Å². The summed E-state index contributed by atoms with van der Waals surface area (Å²) in [5.74, 6) is 0.0889. The summed E-state index contributed by atoms with van der Waals surface area (Å²) in [6.07, 6.45) is 1.81. The molecule has 0 radical (unpaired) electrons. The molecule has 2 fully saturated rings. The van der Waals surface area contributed by atoms with Gasteiger partial charge in [0.1, 0.15) is 0 Å². The molecule has 2 heterocycles. The van der Waals surface area contributed by atoms with Crippen LogP contribution in [0.1, 0.15) is 26.2 Å². The standard InChI is InChI=1S/C15H27N3O3/c1-11-8-18(10-13(11)16(2)3)15(21)17-7-6-12(9-17)4-5-14(19)20/h11-13H,4-10H2,1-3H3,(H,19,20). The quantitative estimate of drug-likeness (QED) is 0.846. The zero-order valence-electron chi connectivity index (χ0n) is 13.3. The first-order valence-electron chi connectivity index (χ1n) is 7.80. The Hall–Kier alpha value is -1.30. The number of carbonyl (C=O) groups excluding carboxylic acids is 1. The number of carbonyl (C=O) groups is 2. The lowest BCUT2D eigenvalue weighted by Gasteiger charge is -2.25. The van der Waals surface area contributed by atoms with Gasteiger partial charge in [0.15, 0.2) is 0 Å². The molecule has 1 N–H and O–H groups in total. The van der Waals surface area contributed by atoms with Crippen LogP contribution in [0.2, 0.25) is 0 Å². The van der Waals surface area contributed by atoms with Gasteiger partial charge in [-0.05, 0) is 38.8 Å². The Balaban J connectivity index is 1.83. The summed E-state index contributed by atoms with van der Waals surface area (Å²) in [5, 5.41) is 8.74. The minimum atomic E-state index is -0.748. The van der Waals surface area contributed by atoms with Crippen molar-refractivity contribution in [3.8, 4) is 0 Å². The Morgan fingerprint density at radius 1 is 1.19 bits per heavy atom. The zero-order valence-corrected chi connectivity index (χ0v) is 13.3. The van der Waals surface area contributed by atoms with Crippen LogP contribution < -0.4 is 0 Å². The van der Waals surface area contributed by atoms with E-state index >= 15 is 0 Å². The largest absolute Gasteiger partial charge is 0.481 e. The van der Waals surface area contributed by atoms with Gasteiger partial charge in [0.2, 0.25) is 0 Å². The number of likely N-dealkylation sites (tertiary alicyclic amines) is 2. The number of carboxylic acids is 1. The molecule has 3 atom stereocenters. The van der Waals surface area contributed by atoms with Crippen LogP contribution in [-0.2, 0) is 4.79 Å². The van der Waals surface area contributed by atoms with E-state index in [-0.39, 0.29) is 12.5 Å². The predicted molar refractivity (Wildman–Crippen MR) is 80.2 cm³/mol. The van der Waals surface area contributed by atoms with Crippen molar-refractivity contribution in [3.05, 3.63) is 0 Å². The fraction of sp³-hybridized carbons (Fsp3) is 0.867. The third-order valence-corrected chi connectivity index (χ3v) is 4.83. The normalized spacial score (nSPS) is 29.4. The molecule has 0 aromatic rings. The van der Waals surface area contributed by atoms with Gasteiger partial charge in [-0.25, -0.2) is 4.79 Å². The van der Waals surface area contributed by atoms with Crippen molar-refractivity contribution >= 4 is 12.0 Å². The smallest absolute Gasteiger partial charge is 0.320 e. The number of aliphatic carboxylic acids is 1. The van der Waals surface area contributed by atoms with E-state index in [4.69, 9.17) is 5.11 Å². The Labute approximate surface area is 126 Å². The van der Waals surface area contributed by atoms with Gasteiger partial charge in [0, 0.05) is 38.6 Å². The molecule has 0 aromatic carbocycles. The molecule has 2 aliphatic heterocycles. The first-order chi connectivity index (χ1) is 9.88. The summed E-state index contributed by atoms with van der Waals surface area (Å²) in [6, 6.07) is 0.559. The van der Waals surface area contributed by atoms with Crippen molar-refractivity contribution in [2.75, 3.05) is 40.3 Å². The Morgan fingerprint density at radius 3 is 2.48 bits per heavy atom. The molecular formula is C15H27N3O3. The fourth-order valence-electron chi connectivity index (χ4n) is 3.55. The van der Waals surface area contributed by atoms with Crippen LogP contribution in [0.5, 0.6) is 0 Å². The topological polar surface area (TPSA) is 64.1 Å². The molecule has 2 aliphatic rings. The number of rotatable bonds is 4. The first-order valence-corrected chi connectivity index (χ1v) is 7.80. The number of nitrogens with zero attached hydrogens (tertiary/aromatic N) is 3. The highest BCUT2D eigenvalue weighted by Gasteiger charge is 2.37. The maximum absolute atomic E-state index is 12.6. The van der Waals surface area contributed by atoms with Crippen molar-refractivity contribution in [1.29, 1.82) is 0 Å². The van der Waals surface area contributed by atoms with Crippen molar-refractivity contribution in [2.45, 2.75) is 32.2 Å². The van der Waals surface area contributed by atoms with Gasteiger partial charge in [-0.1, -0.05) is 6.92 Å². The SMILES string of the molecule is CC1CN(C(=O)N2CCC(CCC(=O)O)C2)CC1N(C)C. The molecule has 2 rings (SSSR count). The van der Waals surface area contributed by atoms with Crippen LogP contribution in [0.4, 0.5) is 4.79 Å². The molecule has 6 heteroatoms. The molecular weight excluding hydrogens is 270 g/mol. The molecule has 0 saturated carbocycles. The number of amides is 2. The molecule has 0 aliphatic carbocycles. The van der Waals surface area contributed by atoms with E-state index in [1.807, 2.05) is 9.80 Å². The third kappa shape index (κ3) is 3.87. The fourth-order valence-corrected chi connectivity index (χ4v) is 3.55. The van der Waals surface area contributed by atoms with E-state index in [1.54, 1.807) is 0 Å². The number of hydrogen-bond acceptors (Lipinski definition) is 3. The van der Waals surface area contributed by atoms with Crippen molar-refractivity contribution in [1.82, 2.24) is 14.7 Å². The molecule has 0 bridgehead atoms. The Bertz CT molecular complexity index is 400. The van der Waals surface area contributed by atoms with Gasteiger partial charge >= 0.3 is 12.0 Å². The van der Waals surface area contributed by atoms with Crippen molar-refractivity contribution < 1.29 is 14.7 Å². The molecule has 0 aromatic heterocycles. The first kappa shape index (κ1) is 16.1. The highest BCUT2D eigenvalue weighted by molar-refractivity contribution is 5.75. The summed E-state index contributed by atoms with van der Waals surface area (Å²) in [7, 11) is 4.12. The lowest BCUT2D eigenvalue weighted by atomic mass is 10.0. The minimum absolute atomic E-state index is 0.129. The van der Waals surface area contributed by atoms with Crippen LogP contribution in [0.25, 0.3) is 0 Å². The van der Waals surface area contributed by atoms with E-state index in [1.165, 1.54) is 0 Å². The second kappa shape index (κ2) is 6.64. The molecule has 21 heavy (non-hydrogen) atoms. The summed E-state index contributed by atoms with van der Waals surface area (Å²) >= 11 is 0. The Morgan fingerprint density at radius 2 is 1.90 bits per heavy atom. The number of carboxylic acid groups (broad SMARTS) is 1. The zero-order chi connectivity index (χ0) is 15.6. The summed E-state index contributed by atoms with van der Waals surface area (Å²) < 4.78 is 0. The number of likely N-dealkylation sites (N-methyl/N-ethyl adjacent to an activating group) is 1. The predicted octanol–water partition coefficient (Wildman–Crippen LogP) is 1.18. The molecule has 2 amide bonds. The lowest BCUT2D eigenvalue weighted by Crippen LogP contribution is -2.42. The lowest BCUT2D eigenvalue weighted by molar-refractivity contribution is -0.137. The average Bonchev–Trinajstić information content (AvgIpc) is 3.02. The number of hydrogen-bond donors (Lipinski definition) is 1. The van der Waals surface area contributed by atoms with Crippen LogP contribution in [-0.4, -0.2) is 78.1 Å².